The summed E-state index contributed by atoms with van der Waals surface area (Å²) in [5.41, 5.74) is 1.93. The van der Waals surface area contributed by atoms with Gasteiger partial charge in [-0.15, -0.1) is 0 Å². The van der Waals surface area contributed by atoms with E-state index in [-0.39, 0.29) is 0 Å². The molecule has 0 aromatic heterocycles. The zero-order chi connectivity index (χ0) is 12.6. The Morgan fingerprint density at radius 3 is 2.72 bits per heavy atom. The largest absolute Gasteiger partial charge is 0.381 e. The molecular formula is C15H20N2O. The first-order valence-corrected chi connectivity index (χ1v) is 6.66. The first-order chi connectivity index (χ1) is 8.88. The first kappa shape index (κ1) is 13.1. The van der Waals surface area contributed by atoms with Gasteiger partial charge in [-0.05, 0) is 49.4 Å². The van der Waals surface area contributed by atoms with Crippen LogP contribution in [0.25, 0.3) is 0 Å². The Morgan fingerprint density at radius 1 is 1.28 bits per heavy atom. The number of benzene rings is 1. The summed E-state index contributed by atoms with van der Waals surface area (Å²) in [5.74, 6) is 0.858. The summed E-state index contributed by atoms with van der Waals surface area (Å²) in [4.78, 5) is 0. The van der Waals surface area contributed by atoms with Crippen LogP contribution in [-0.2, 0) is 11.3 Å². The lowest BCUT2D eigenvalue weighted by Crippen LogP contribution is -2.16. The van der Waals surface area contributed by atoms with Gasteiger partial charge < -0.3 is 10.1 Å². The van der Waals surface area contributed by atoms with Crippen molar-refractivity contribution in [2.24, 2.45) is 5.92 Å². The molecule has 0 unspecified atom stereocenters. The van der Waals surface area contributed by atoms with Gasteiger partial charge >= 0.3 is 0 Å². The van der Waals surface area contributed by atoms with Crippen molar-refractivity contribution >= 4 is 0 Å². The molecule has 0 heterocycles. The van der Waals surface area contributed by atoms with E-state index in [4.69, 9.17) is 10.00 Å². The third-order valence-corrected chi connectivity index (χ3v) is 3.10. The number of hydrogen-bond acceptors (Lipinski definition) is 3. The summed E-state index contributed by atoms with van der Waals surface area (Å²) in [5, 5.41) is 12.1. The van der Waals surface area contributed by atoms with Gasteiger partial charge in [0, 0.05) is 19.8 Å². The third kappa shape index (κ3) is 4.87. The Balaban J connectivity index is 1.50. The summed E-state index contributed by atoms with van der Waals surface area (Å²) >= 11 is 0. The minimum absolute atomic E-state index is 0.715. The van der Waals surface area contributed by atoms with E-state index in [9.17, 15) is 0 Å². The summed E-state index contributed by atoms with van der Waals surface area (Å²) in [6.45, 7) is 3.64. The maximum atomic E-state index is 8.69. The molecule has 96 valence electrons. The van der Waals surface area contributed by atoms with Gasteiger partial charge in [0.05, 0.1) is 11.6 Å². The van der Waals surface area contributed by atoms with Crippen LogP contribution in [0.5, 0.6) is 0 Å². The van der Waals surface area contributed by atoms with Crippen LogP contribution in [0.3, 0.4) is 0 Å². The Kier molecular flexibility index (Phi) is 5.19. The minimum Gasteiger partial charge on any atom is -0.381 e. The molecule has 0 amide bonds. The van der Waals surface area contributed by atoms with Crippen molar-refractivity contribution in [2.45, 2.75) is 25.8 Å². The Bertz CT molecular complexity index is 390. The molecule has 0 aliphatic heterocycles. The first-order valence-electron chi connectivity index (χ1n) is 6.66. The molecule has 0 bridgehead atoms. The lowest BCUT2D eigenvalue weighted by molar-refractivity contribution is 0.122. The molecule has 0 spiro atoms. The van der Waals surface area contributed by atoms with Gasteiger partial charge in [0.15, 0.2) is 0 Å². The van der Waals surface area contributed by atoms with Crippen molar-refractivity contribution in [2.75, 3.05) is 19.8 Å². The molecule has 1 N–H and O–H groups in total. The van der Waals surface area contributed by atoms with Crippen LogP contribution in [0, 0.1) is 17.2 Å². The number of nitrogens with zero attached hydrogens (tertiary/aromatic N) is 1. The van der Waals surface area contributed by atoms with E-state index >= 15 is 0 Å². The average Bonchev–Trinajstić information content (AvgIpc) is 3.22. The van der Waals surface area contributed by atoms with E-state index in [1.54, 1.807) is 0 Å². The smallest absolute Gasteiger partial charge is 0.0991 e. The van der Waals surface area contributed by atoms with Crippen molar-refractivity contribution < 1.29 is 4.74 Å². The monoisotopic (exact) mass is 244 g/mol. The topological polar surface area (TPSA) is 45.0 Å². The van der Waals surface area contributed by atoms with Crippen LogP contribution in [0.15, 0.2) is 24.3 Å². The van der Waals surface area contributed by atoms with Gasteiger partial charge in [-0.1, -0.05) is 12.1 Å². The van der Waals surface area contributed by atoms with E-state index < -0.39 is 0 Å². The van der Waals surface area contributed by atoms with Crippen LogP contribution in [0.4, 0.5) is 0 Å². The lowest BCUT2D eigenvalue weighted by Gasteiger charge is -2.06. The molecule has 1 aromatic rings. The second-order valence-corrected chi connectivity index (χ2v) is 4.86. The quantitative estimate of drug-likeness (QED) is 0.714. The highest BCUT2D eigenvalue weighted by Gasteiger charge is 2.20. The van der Waals surface area contributed by atoms with Gasteiger partial charge in [-0.3, -0.25) is 0 Å². The average molecular weight is 244 g/mol. The molecule has 3 heteroatoms. The zero-order valence-corrected chi connectivity index (χ0v) is 10.7. The maximum absolute atomic E-state index is 8.69. The highest BCUT2D eigenvalue weighted by molar-refractivity contribution is 5.31. The zero-order valence-electron chi connectivity index (χ0n) is 10.7. The van der Waals surface area contributed by atoms with Gasteiger partial charge in [0.25, 0.3) is 0 Å². The molecule has 1 aliphatic carbocycles. The van der Waals surface area contributed by atoms with Crippen LogP contribution in [-0.4, -0.2) is 19.8 Å². The molecule has 1 aromatic carbocycles. The van der Waals surface area contributed by atoms with Crippen LogP contribution >= 0.6 is 0 Å². The van der Waals surface area contributed by atoms with Crippen LogP contribution in [0.2, 0.25) is 0 Å². The Labute approximate surface area is 109 Å². The molecule has 0 radical (unpaired) electrons. The molecule has 2 rings (SSSR count). The number of hydrogen-bond donors (Lipinski definition) is 1. The second kappa shape index (κ2) is 7.15. The number of ether oxygens (including phenoxy) is 1. The lowest BCUT2D eigenvalue weighted by atomic mass is 10.1. The van der Waals surface area contributed by atoms with Crippen molar-refractivity contribution in [1.82, 2.24) is 5.32 Å². The second-order valence-electron chi connectivity index (χ2n) is 4.86. The van der Waals surface area contributed by atoms with Gasteiger partial charge in [-0.25, -0.2) is 0 Å². The van der Waals surface area contributed by atoms with E-state index in [1.165, 1.54) is 18.4 Å². The van der Waals surface area contributed by atoms with Gasteiger partial charge in [-0.2, -0.15) is 5.26 Å². The molecule has 18 heavy (non-hydrogen) atoms. The van der Waals surface area contributed by atoms with E-state index in [2.05, 4.69) is 11.4 Å². The summed E-state index contributed by atoms with van der Waals surface area (Å²) < 4.78 is 5.56. The molecule has 0 atom stereocenters. The fraction of sp³-hybridized carbons (Fsp3) is 0.533. The molecular weight excluding hydrogens is 224 g/mol. The fourth-order valence-electron chi connectivity index (χ4n) is 1.76. The Hall–Kier alpha value is -1.37. The highest BCUT2D eigenvalue weighted by atomic mass is 16.5. The van der Waals surface area contributed by atoms with Gasteiger partial charge in [0.2, 0.25) is 0 Å². The molecule has 3 nitrogen and oxygen atoms in total. The van der Waals surface area contributed by atoms with E-state index in [0.29, 0.717) is 5.56 Å². The number of nitriles is 1. The Morgan fingerprint density at radius 2 is 2.06 bits per heavy atom. The van der Waals surface area contributed by atoms with E-state index in [1.807, 2.05) is 24.3 Å². The molecule has 1 aliphatic rings. The van der Waals surface area contributed by atoms with Crippen molar-refractivity contribution in [3.8, 4) is 6.07 Å². The normalized spacial score (nSPS) is 14.4. The van der Waals surface area contributed by atoms with Crippen molar-refractivity contribution in [1.29, 1.82) is 5.26 Å². The number of rotatable bonds is 8. The molecule has 1 saturated carbocycles. The highest BCUT2D eigenvalue weighted by Crippen LogP contribution is 2.28. The van der Waals surface area contributed by atoms with Crippen LogP contribution in [0.1, 0.15) is 30.4 Å². The SMILES string of the molecule is N#Cc1ccc(CNCCCOCC2CC2)cc1. The van der Waals surface area contributed by atoms with Gasteiger partial charge in [0.1, 0.15) is 0 Å². The third-order valence-electron chi connectivity index (χ3n) is 3.10. The van der Waals surface area contributed by atoms with Crippen molar-refractivity contribution in [3.05, 3.63) is 35.4 Å². The van der Waals surface area contributed by atoms with E-state index in [0.717, 1.165) is 38.6 Å². The summed E-state index contributed by atoms with van der Waals surface area (Å²) in [6.07, 6.45) is 3.77. The summed E-state index contributed by atoms with van der Waals surface area (Å²) in [6, 6.07) is 9.83. The predicted molar refractivity (Wildman–Crippen MR) is 71.0 cm³/mol. The minimum atomic E-state index is 0.715. The number of nitrogens with one attached hydrogen (secondary N) is 1. The maximum Gasteiger partial charge on any atom is 0.0991 e. The summed E-state index contributed by atoms with van der Waals surface area (Å²) in [7, 11) is 0. The van der Waals surface area contributed by atoms with Crippen LogP contribution < -0.4 is 5.32 Å². The predicted octanol–water partition coefficient (Wildman–Crippen LogP) is 2.46. The standard InChI is InChI=1S/C15H20N2O/c16-10-13-2-4-14(5-3-13)11-17-8-1-9-18-12-15-6-7-15/h2-5,15,17H,1,6-9,11-12H2. The fourth-order valence-corrected chi connectivity index (χ4v) is 1.76. The molecule has 0 saturated heterocycles. The molecule has 1 fully saturated rings. The van der Waals surface area contributed by atoms with Crippen molar-refractivity contribution in [3.63, 3.8) is 0 Å².